The van der Waals surface area contributed by atoms with Crippen LogP contribution in [0.1, 0.15) is 33.6 Å². The number of aliphatic hydroxyl groups excluding tert-OH is 1. The van der Waals surface area contributed by atoms with E-state index in [0.29, 0.717) is 5.92 Å². The first-order valence-corrected chi connectivity index (χ1v) is 4.26. The van der Waals surface area contributed by atoms with Crippen molar-refractivity contribution in [3.63, 3.8) is 0 Å². The molecule has 0 aromatic carbocycles. The fourth-order valence-electron chi connectivity index (χ4n) is 1.26. The van der Waals surface area contributed by atoms with Crippen molar-refractivity contribution in [1.82, 2.24) is 0 Å². The lowest BCUT2D eigenvalue weighted by atomic mass is 9.90. The van der Waals surface area contributed by atoms with Gasteiger partial charge in [-0.3, -0.25) is 0 Å². The summed E-state index contributed by atoms with van der Waals surface area (Å²) in [7, 11) is 0. The number of hydrogen-bond acceptors (Lipinski definition) is 1. The summed E-state index contributed by atoms with van der Waals surface area (Å²) >= 11 is 0. The molecular formula is C10H18O. The van der Waals surface area contributed by atoms with E-state index in [1.165, 1.54) is 0 Å². The van der Waals surface area contributed by atoms with Crippen molar-refractivity contribution in [1.29, 1.82) is 0 Å². The van der Waals surface area contributed by atoms with Gasteiger partial charge in [0.2, 0.25) is 0 Å². The standard InChI is InChI=1S/C10H18O/c1-5-9(7-8(3)4)10(11)6-2/h2,8-11H,5,7H2,1,3-4H3. The minimum atomic E-state index is -0.553. The van der Waals surface area contributed by atoms with E-state index >= 15 is 0 Å². The van der Waals surface area contributed by atoms with Gasteiger partial charge in [-0.25, -0.2) is 0 Å². The molecule has 0 aliphatic rings. The van der Waals surface area contributed by atoms with Crippen molar-refractivity contribution in [2.24, 2.45) is 11.8 Å². The van der Waals surface area contributed by atoms with Gasteiger partial charge in [-0.1, -0.05) is 26.7 Å². The molecule has 1 heteroatoms. The van der Waals surface area contributed by atoms with Crippen LogP contribution in [0.15, 0.2) is 0 Å². The third kappa shape index (κ3) is 4.06. The molecule has 1 N–H and O–H groups in total. The molecule has 0 saturated carbocycles. The Morgan fingerprint density at radius 1 is 1.45 bits per heavy atom. The summed E-state index contributed by atoms with van der Waals surface area (Å²) in [6, 6.07) is 0. The quantitative estimate of drug-likeness (QED) is 0.614. The molecule has 0 aromatic rings. The summed E-state index contributed by atoms with van der Waals surface area (Å²) in [6.45, 7) is 6.35. The summed E-state index contributed by atoms with van der Waals surface area (Å²) in [6.07, 6.45) is 6.55. The van der Waals surface area contributed by atoms with E-state index in [0.717, 1.165) is 12.8 Å². The number of hydrogen-bond donors (Lipinski definition) is 1. The van der Waals surface area contributed by atoms with E-state index in [2.05, 4.69) is 26.7 Å². The highest BCUT2D eigenvalue weighted by Gasteiger charge is 2.15. The predicted octanol–water partition coefficient (Wildman–Crippen LogP) is 2.05. The minimum Gasteiger partial charge on any atom is -0.380 e. The zero-order valence-corrected chi connectivity index (χ0v) is 7.67. The Bertz CT molecular complexity index is 132. The highest BCUT2D eigenvalue weighted by Crippen LogP contribution is 2.18. The molecule has 0 aliphatic heterocycles. The summed E-state index contributed by atoms with van der Waals surface area (Å²) in [5.74, 6) is 3.27. The first-order chi connectivity index (χ1) is 5.11. The normalized spacial score (nSPS) is 16.0. The molecule has 2 unspecified atom stereocenters. The molecule has 0 heterocycles. The third-order valence-corrected chi connectivity index (χ3v) is 1.92. The Kier molecular flexibility index (Phi) is 4.98. The van der Waals surface area contributed by atoms with Crippen molar-refractivity contribution in [2.45, 2.75) is 39.7 Å². The van der Waals surface area contributed by atoms with Crippen LogP contribution in [0.2, 0.25) is 0 Å². The molecule has 0 bridgehead atoms. The van der Waals surface area contributed by atoms with Gasteiger partial charge >= 0.3 is 0 Å². The highest BCUT2D eigenvalue weighted by atomic mass is 16.3. The monoisotopic (exact) mass is 154 g/mol. The van der Waals surface area contributed by atoms with Crippen LogP contribution in [0.25, 0.3) is 0 Å². The Labute approximate surface area is 69.8 Å². The second-order valence-corrected chi connectivity index (χ2v) is 3.41. The van der Waals surface area contributed by atoms with Crippen LogP contribution >= 0.6 is 0 Å². The molecule has 0 aliphatic carbocycles. The predicted molar refractivity (Wildman–Crippen MR) is 48.1 cm³/mol. The highest BCUT2D eigenvalue weighted by molar-refractivity contribution is 4.96. The lowest BCUT2D eigenvalue weighted by Gasteiger charge is -2.18. The molecule has 0 radical (unpaired) electrons. The summed E-state index contributed by atoms with van der Waals surface area (Å²) in [5, 5.41) is 9.33. The zero-order valence-electron chi connectivity index (χ0n) is 7.67. The Hall–Kier alpha value is -0.480. The summed E-state index contributed by atoms with van der Waals surface area (Å²) < 4.78 is 0. The van der Waals surface area contributed by atoms with E-state index in [1.807, 2.05) is 0 Å². The van der Waals surface area contributed by atoms with Crippen LogP contribution in [0.5, 0.6) is 0 Å². The van der Waals surface area contributed by atoms with E-state index in [1.54, 1.807) is 0 Å². The molecular weight excluding hydrogens is 136 g/mol. The molecule has 0 fully saturated rings. The average molecular weight is 154 g/mol. The van der Waals surface area contributed by atoms with Crippen molar-refractivity contribution >= 4 is 0 Å². The topological polar surface area (TPSA) is 20.2 Å². The maximum atomic E-state index is 9.33. The van der Waals surface area contributed by atoms with Gasteiger partial charge < -0.3 is 5.11 Å². The second kappa shape index (κ2) is 5.21. The largest absolute Gasteiger partial charge is 0.380 e. The molecule has 0 spiro atoms. The molecule has 64 valence electrons. The summed E-state index contributed by atoms with van der Waals surface area (Å²) in [4.78, 5) is 0. The van der Waals surface area contributed by atoms with Crippen LogP contribution in [-0.4, -0.2) is 11.2 Å². The number of rotatable bonds is 4. The molecule has 0 aromatic heterocycles. The maximum Gasteiger partial charge on any atom is 0.117 e. The van der Waals surface area contributed by atoms with Gasteiger partial charge in [0, 0.05) is 0 Å². The molecule has 2 atom stereocenters. The van der Waals surface area contributed by atoms with Crippen molar-refractivity contribution in [3.8, 4) is 12.3 Å². The van der Waals surface area contributed by atoms with Gasteiger partial charge in [0.1, 0.15) is 6.10 Å². The van der Waals surface area contributed by atoms with Gasteiger partial charge in [0.15, 0.2) is 0 Å². The average Bonchev–Trinajstić information content (AvgIpc) is 1.98. The van der Waals surface area contributed by atoms with Crippen molar-refractivity contribution < 1.29 is 5.11 Å². The van der Waals surface area contributed by atoms with Gasteiger partial charge in [-0.15, -0.1) is 6.42 Å². The molecule has 0 amide bonds. The number of aliphatic hydroxyl groups is 1. The van der Waals surface area contributed by atoms with E-state index in [4.69, 9.17) is 6.42 Å². The van der Waals surface area contributed by atoms with Crippen LogP contribution in [-0.2, 0) is 0 Å². The summed E-state index contributed by atoms with van der Waals surface area (Å²) in [5.41, 5.74) is 0. The Morgan fingerprint density at radius 3 is 2.27 bits per heavy atom. The fourth-order valence-corrected chi connectivity index (χ4v) is 1.26. The van der Waals surface area contributed by atoms with E-state index in [9.17, 15) is 5.11 Å². The van der Waals surface area contributed by atoms with Gasteiger partial charge in [0.25, 0.3) is 0 Å². The second-order valence-electron chi connectivity index (χ2n) is 3.41. The van der Waals surface area contributed by atoms with Crippen LogP contribution in [0.4, 0.5) is 0 Å². The SMILES string of the molecule is C#CC(O)C(CC)CC(C)C. The molecule has 0 saturated heterocycles. The first-order valence-electron chi connectivity index (χ1n) is 4.26. The minimum absolute atomic E-state index is 0.278. The fraction of sp³-hybridized carbons (Fsp3) is 0.800. The Morgan fingerprint density at radius 2 is 2.00 bits per heavy atom. The maximum absolute atomic E-state index is 9.33. The lowest BCUT2D eigenvalue weighted by molar-refractivity contribution is 0.142. The zero-order chi connectivity index (χ0) is 8.85. The first kappa shape index (κ1) is 10.5. The molecule has 0 rings (SSSR count). The van der Waals surface area contributed by atoms with E-state index < -0.39 is 6.10 Å². The Balaban J connectivity index is 3.87. The van der Waals surface area contributed by atoms with Crippen LogP contribution in [0, 0.1) is 24.2 Å². The number of terminal acetylenes is 1. The van der Waals surface area contributed by atoms with Gasteiger partial charge in [-0.05, 0) is 24.7 Å². The van der Waals surface area contributed by atoms with E-state index in [-0.39, 0.29) is 5.92 Å². The van der Waals surface area contributed by atoms with Crippen molar-refractivity contribution in [2.75, 3.05) is 0 Å². The third-order valence-electron chi connectivity index (χ3n) is 1.92. The van der Waals surface area contributed by atoms with Crippen LogP contribution in [0.3, 0.4) is 0 Å². The molecule has 1 nitrogen and oxygen atoms in total. The lowest BCUT2D eigenvalue weighted by Crippen LogP contribution is -2.19. The van der Waals surface area contributed by atoms with Gasteiger partial charge in [0.05, 0.1) is 0 Å². The molecule has 11 heavy (non-hydrogen) atoms. The smallest absolute Gasteiger partial charge is 0.117 e. The van der Waals surface area contributed by atoms with Crippen molar-refractivity contribution in [3.05, 3.63) is 0 Å². The van der Waals surface area contributed by atoms with Gasteiger partial charge in [-0.2, -0.15) is 0 Å². The van der Waals surface area contributed by atoms with Crippen LogP contribution < -0.4 is 0 Å².